The Hall–Kier alpha value is -2.17. The Balaban J connectivity index is 1.45. The Morgan fingerprint density at radius 3 is 2.44 bits per heavy atom. The Morgan fingerprint density at radius 1 is 0.875 bits per heavy atom. The van der Waals surface area contributed by atoms with Crippen LogP contribution in [0.1, 0.15) is 48.8 Å². The molecule has 1 heterocycles. The van der Waals surface area contributed by atoms with Gasteiger partial charge in [-0.25, -0.2) is 0 Å². The molecular weight excluding hydrogens is 421 g/mol. The number of hydrogen-bond donors (Lipinski definition) is 2. The van der Waals surface area contributed by atoms with Crippen molar-refractivity contribution in [3.63, 3.8) is 0 Å². The van der Waals surface area contributed by atoms with Crippen LogP contribution in [0.3, 0.4) is 0 Å². The van der Waals surface area contributed by atoms with E-state index in [4.69, 9.17) is 13.8 Å². The van der Waals surface area contributed by atoms with Crippen LogP contribution in [0.15, 0.2) is 71.3 Å². The minimum atomic E-state index is -2.82. The molecule has 5 nitrogen and oxygen atoms in total. The molecule has 6 heteroatoms. The van der Waals surface area contributed by atoms with Gasteiger partial charge in [0.05, 0.1) is 12.9 Å². The minimum Gasteiger partial charge on any atom is -0.464 e. The first-order valence-electron chi connectivity index (χ1n) is 11.5. The molecule has 0 aliphatic heterocycles. The molecule has 2 aromatic carbocycles. The maximum Gasteiger partial charge on any atom is 0.316 e. The standard InChI is InChI=1S/C26H34NO4P/c28-32(29)31-19-9-17-27-21-23-15-16-24(25(20-23)26-14-8-18-30-26)13-7-2-1-4-10-22-11-5-3-6-12-22/h3,5-6,8,11-12,14-16,18,20,27,32H,1-2,4,7,9-10,13,17,19,21H2,(H,28,29). The molecule has 0 bridgehead atoms. The van der Waals surface area contributed by atoms with E-state index in [1.165, 1.54) is 47.9 Å². The fourth-order valence-electron chi connectivity index (χ4n) is 3.84. The molecule has 0 aliphatic rings. The number of rotatable bonds is 15. The second-order valence-corrected chi connectivity index (χ2v) is 8.83. The maximum absolute atomic E-state index is 10.6. The SMILES string of the molecule is O=[PH](O)OCCCNCc1ccc(CCCCCCc2ccccc2)c(-c2ccco2)c1. The molecule has 1 atom stereocenters. The number of nitrogens with one attached hydrogen (secondary N) is 1. The van der Waals surface area contributed by atoms with E-state index in [2.05, 4.69) is 53.8 Å². The first-order valence-corrected chi connectivity index (χ1v) is 12.7. The fourth-order valence-corrected chi connectivity index (χ4v) is 4.16. The summed E-state index contributed by atoms with van der Waals surface area (Å²) in [6.07, 6.45) is 9.52. The van der Waals surface area contributed by atoms with E-state index in [0.717, 1.165) is 31.7 Å². The second-order valence-electron chi connectivity index (χ2n) is 8.01. The molecule has 0 amide bonds. The molecule has 0 saturated heterocycles. The highest BCUT2D eigenvalue weighted by atomic mass is 31.1. The third-order valence-electron chi connectivity index (χ3n) is 5.52. The molecule has 3 aromatic rings. The van der Waals surface area contributed by atoms with Gasteiger partial charge in [-0.2, -0.15) is 0 Å². The molecule has 1 unspecified atom stereocenters. The number of aryl methyl sites for hydroxylation is 2. The second kappa shape index (κ2) is 14.1. The Labute approximate surface area is 191 Å². The smallest absolute Gasteiger partial charge is 0.316 e. The average molecular weight is 456 g/mol. The summed E-state index contributed by atoms with van der Waals surface area (Å²) in [5.41, 5.74) is 5.11. The van der Waals surface area contributed by atoms with Crippen LogP contribution in [0.25, 0.3) is 11.3 Å². The van der Waals surface area contributed by atoms with Gasteiger partial charge >= 0.3 is 8.25 Å². The first-order chi connectivity index (χ1) is 15.7. The van der Waals surface area contributed by atoms with E-state index in [1.54, 1.807) is 6.26 Å². The van der Waals surface area contributed by atoms with Crippen molar-refractivity contribution >= 4 is 8.25 Å². The Morgan fingerprint density at radius 2 is 1.69 bits per heavy atom. The number of unbranched alkanes of at least 4 members (excludes halogenated alkanes) is 3. The molecule has 0 spiro atoms. The zero-order chi connectivity index (χ0) is 22.4. The molecule has 172 valence electrons. The molecule has 0 saturated carbocycles. The van der Waals surface area contributed by atoms with Crippen molar-refractivity contribution in [3.8, 4) is 11.3 Å². The van der Waals surface area contributed by atoms with Crippen molar-refractivity contribution in [1.29, 1.82) is 0 Å². The molecule has 3 rings (SSSR count). The van der Waals surface area contributed by atoms with E-state index in [0.29, 0.717) is 13.0 Å². The van der Waals surface area contributed by atoms with Gasteiger partial charge in [-0.3, -0.25) is 4.57 Å². The van der Waals surface area contributed by atoms with Gasteiger partial charge in [0.25, 0.3) is 0 Å². The first kappa shape index (κ1) is 24.5. The van der Waals surface area contributed by atoms with E-state index >= 15 is 0 Å². The summed E-state index contributed by atoms with van der Waals surface area (Å²) in [7, 11) is -2.82. The van der Waals surface area contributed by atoms with Gasteiger partial charge in [0.1, 0.15) is 5.76 Å². The Kier molecular flexibility index (Phi) is 10.8. The van der Waals surface area contributed by atoms with Crippen molar-refractivity contribution < 1.29 is 18.4 Å². The average Bonchev–Trinajstić information content (AvgIpc) is 3.34. The zero-order valence-electron chi connectivity index (χ0n) is 18.6. The van der Waals surface area contributed by atoms with Crippen LogP contribution in [0.4, 0.5) is 0 Å². The van der Waals surface area contributed by atoms with Gasteiger partial charge in [-0.1, -0.05) is 55.3 Å². The van der Waals surface area contributed by atoms with Crippen molar-refractivity contribution in [3.05, 3.63) is 83.6 Å². The number of furan rings is 1. The van der Waals surface area contributed by atoms with Crippen LogP contribution in [0.2, 0.25) is 0 Å². The molecular formula is C26H34NO4P. The normalized spacial score (nSPS) is 12.2. The topological polar surface area (TPSA) is 71.7 Å². The van der Waals surface area contributed by atoms with Crippen molar-refractivity contribution in [1.82, 2.24) is 5.32 Å². The predicted molar refractivity (Wildman–Crippen MR) is 130 cm³/mol. The van der Waals surface area contributed by atoms with E-state index < -0.39 is 8.25 Å². The summed E-state index contributed by atoms with van der Waals surface area (Å²) in [6, 6.07) is 21.3. The van der Waals surface area contributed by atoms with Crippen LogP contribution in [-0.2, 0) is 28.5 Å². The summed E-state index contributed by atoms with van der Waals surface area (Å²) in [5, 5.41) is 3.36. The van der Waals surface area contributed by atoms with Crippen LogP contribution >= 0.6 is 8.25 Å². The number of benzene rings is 2. The van der Waals surface area contributed by atoms with Gasteiger partial charge in [-0.05, 0) is 73.5 Å². The lowest BCUT2D eigenvalue weighted by atomic mass is 9.96. The monoisotopic (exact) mass is 455 g/mol. The quantitative estimate of drug-likeness (QED) is 0.212. The Bertz CT molecular complexity index is 928. The van der Waals surface area contributed by atoms with Gasteiger partial charge in [0.2, 0.25) is 0 Å². The summed E-state index contributed by atoms with van der Waals surface area (Å²) < 4.78 is 21.0. The third-order valence-corrected chi connectivity index (χ3v) is 5.97. The van der Waals surface area contributed by atoms with Gasteiger partial charge in [-0.15, -0.1) is 0 Å². The maximum atomic E-state index is 10.6. The van der Waals surface area contributed by atoms with E-state index in [9.17, 15) is 4.57 Å². The van der Waals surface area contributed by atoms with E-state index in [-0.39, 0.29) is 0 Å². The fraction of sp³-hybridized carbons (Fsp3) is 0.385. The summed E-state index contributed by atoms with van der Waals surface area (Å²) >= 11 is 0. The summed E-state index contributed by atoms with van der Waals surface area (Å²) in [6.45, 7) is 1.76. The van der Waals surface area contributed by atoms with Gasteiger partial charge in [0.15, 0.2) is 0 Å². The van der Waals surface area contributed by atoms with Gasteiger partial charge < -0.3 is 19.2 Å². The molecule has 1 aromatic heterocycles. The highest BCUT2D eigenvalue weighted by molar-refractivity contribution is 7.32. The molecule has 0 aliphatic carbocycles. The number of hydrogen-bond acceptors (Lipinski definition) is 4. The molecule has 0 fully saturated rings. The highest BCUT2D eigenvalue weighted by Gasteiger charge is 2.09. The largest absolute Gasteiger partial charge is 0.464 e. The zero-order valence-corrected chi connectivity index (χ0v) is 19.6. The van der Waals surface area contributed by atoms with Crippen molar-refractivity contribution in [2.75, 3.05) is 13.2 Å². The third kappa shape index (κ3) is 8.76. The van der Waals surface area contributed by atoms with Crippen LogP contribution in [0, 0.1) is 0 Å². The van der Waals surface area contributed by atoms with Crippen molar-refractivity contribution in [2.45, 2.75) is 51.5 Å². The van der Waals surface area contributed by atoms with Crippen LogP contribution in [-0.4, -0.2) is 18.0 Å². The van der Waals surface area contributed by atoms with Crippen LogP contribution < -0.4 is 5.32 Å². The molecule has 2 N–H and O–H groups in total. The lowest BCUT2D eigenvalue weighted by Crippen LogP contribution is -2.16. The molecule has 0 radical (unpaired) electrons. The summed E-state index contributed by atoms with van der Waals surface area (Å²) in [4.78, 5) is 8.68. The molecule has 32 heavy (non-hydrogen) atoms. The lowest BCUT2D eigenvalue weighted by molar-refractivity contribution is 0.276. The highest BCUT2D eigenvalue weighted by Crippen LogP contribution is 2.27. The predicted octanol–water partition coefficient (Wildman–Crippen LogP) is 6.17. The summed E-state index contributed by atoms with van der Waals surface area (Å²) in [5.74, 6) is 0.910. The lowest BCUT2D eigenvalue weighted by Gasteiger charge is -2.11. The minimum absolute atomic E-state index is 0.295. The van der Waals surface area contributed by atoms with Gasteiger partial charge in [0, 0.05) is 12.1 Å². The van der Waals surface area contributed by atoms with Crippen LogP contribution in [0.5, 0.6) is 0 Å². The van der Waals surface area contributed by atoms with Crippen molar-refractivity contribution in [2.24, 2.45) is 0 Å². The van der Waals surface area contributed by atoms with E-state index in [1.807, 2.05) is 12.1 Å².